The molecule has 0 bridgehead atoms. The zero-order valence-electron chi connectivity index (χ0n) is 23.7. The molecule has 5 rings (SSSR count). The summed E-state index contributed by atoms with van der Waals surface area (Å²) < 4.78 is 0. The van der Waals surface area contributed by atoms with E-state index in [-0.39, 0.29) is 0 Å². The Labute approximate surface area is 217 Å². The van der Waals surface area contributed by atoms with Gasteiger partial charge in [-0.05, 0) is 111 Å². The van der Waals surface area contributed by atoms with Crippen LogP contribution in [0.3, 0.4) is 0 Å². The summed E-state index contributed by atoms with van der Waals surface area (Å²) in [5.74, 6) is 6.80. The standard InChI is InChI=1S/C33H56N2/c1-5-23-11-13-26(14-12-23)30-31(27-17-15-25(16-18-27)24-9-7-6-8-10-24)34-35-32(30)28-19-21-29(22-20-28)33(2,3)4/h23-30H,5-22H2,1-4H3. The van der Waals surface area contributed by atoms with Crippen molar-refractivity contribution in [2.24, 2.45) is 63.0 Å². The molecule has 0 spiro atoms. The normalized spacial score (nSPS) is 39.8. The fraction of sp³-hybridized carbons (Fsp3) is 0.939. The molecule has 1 atom stereocenters. The van der Waals surface area contributed by atoms with E-state index in [1.165, 1.54) is 116 Å². The van der Waals surface area contributed by atoms with Crippen LogP contribution in [0.4, 0.5) is 0 Å². The van der Waals surface area contributed by atoms with Crippen LogP contribution in [0.2, 0.25) is 0 Å². The first-order valence-electron chi connectivity index (χ1n) is 16.1. The number of hydrogen-bond donors (Lipinski definition) is 0. The molecule has 35 heavy (non-hydrogen) atoms. The smallest absolute Gasteiger partial charge is 0.0527 e. The first kappa shape index (κ1) is 26.0. The molecule has 4 saturated carbocycles. The van der Waals surface area contributed by atoms with Crippen molar-refractivity contribution in [1.82, 2.24) is 0 Å². The van der Waals surface area contributed by atoms with Gasteiger partial charge in [0.05, 0.1) is 11.4 Å². The monoisotopic (exact) mass is 480 g/mol. The Morgan fingerprint density at radius 1 is 0.571 bits per heavy atom. The van der Waals surface area contributed by atoms with Crippen molar-refractivity contribution in [3.8, 4) is 0 Å². The Kier molecular flexibility index (Phi) is 8.45. The van der Waals surface area contributed by atoms with Crippen molar-refractivity contribution in [3.63, 3.8) is 0 Å². The summed E-state index contributed by atoms with van der Waals surface area (Å²) in [6.07, 6.45) is 25.9. The van der Waals surface area contributed by atoms with Gasteiger partial charge in [-0.2, -0.15) is 10.2 Å². The molecule has 0 amide bonds. The minimum absolute atomic E-state index is 0.457. The molecule has 1 heterocycles. The maximum absolute atomic E-state index is 5.12. The average Bonchev–Trinajstić information content (AvgIpc) is 3.34. The third-order valence-corrected chi connectivity index (χ3v) is 11.7. The van der Waals surface area contributed by atoms with Gasteiger partial charge in [0.15, 0.2) is 0 Å². The van der Waals surface area contributed by atoms with Crippen LogP contribution in [-0.2, 0) is 0 Å². The van der Waals surface area contributed by atoms with Crippen LogP contribution in [-0.4, -0.2) is 11.4 Å². The SMILES string of the molecule is CCC1CCC(C2C(C3CCC(C4CCCCC4)CC3)=NN=C2C2CCC(C(C)(C)C)CC2)CC1. The second-order valence-corrected chi connectivity index (χ2v) is 14.6. The fourth-order valence-corrected chi connectivity index (χ4v) is 9.22. The molecule has 0 aromatic rings. The average molecular weight is 481 g/mol. The molecule has 0 aromatic heterocycles. The van der Waals surface area contributed by atoms with Crippen LogP contribution in [0, 0.1) is 52.8 Å². The van der Waals surface area contributed by atoms with Crippen LogP contribution >= 0.6 is 0 Å². The van der Waals surface area contributed by atoms with Gasteiger partial charge in [0.25, 0.3) is 0 Å². The van der Waals surface area contributed by atoms with Gasteiger partial charge >= 0.3 is 0 Å². The van der Waals surface area contributed by atoms with Gasteiger partial charge in [-0.3, -0.25) is 0 Å². The zero-order valence-corrected chi connectivity index (χ0v) is 23.7. The van der Waals surface area contributed by atoms with Crippen molar-refractivity contribution >= 4 is 11.4 Å². The molecule has 0 aromatic carbocycles. The Hall–Kier alpha value is -0.660. The Morgan fingerprint density at radius 3 is 1.57 bits per heavy atom. The first-order valence-corrected chi connectivity index (χ1v) is 16.1. The van der Waals surface area contributed by atoms with Crippen LogP contribution < -0.4 is 0 Å². The summed E-state index contributed by atoms with van der Waals surface area (Å²) in [7, 11) is 0. The zero-order chi connectivity index (χ0) is 24.4. The third kappa shape index (κ3) is 5.93. The van der Waals surface area contributed by atoms with Crippen LogP contribution in [0.5, 0.6) is 0 Å². The van der Waals surface area contributed by atoms with E-state index in [1.807, 2.05) is 0 Å². The lowest BCUT2D eigenvalue weighted by molar-refractivity contribution is 0.164. The fourth-order valence-electron chi connectivity index (χ4n) is 9.22. The lowest BCUT2D eigenvalue weighted by atomic mass is 9.63. The Balaban J connectivity index is 1.25. The molecule has 5 aliphatic rings. The van der Waals surface area contributed by atoms with Crippen molar-refractivity contribution in [2.45, 2.75) is 143 Å². The highest BCUT2D eigenvalue weighted by Gasteiger charge is 2.44. The highest BCUT2D eigenvalue weighted by atomic mass is 15.2. The second-order valence-electron chi connectivity index (χ2n) is 14.6. The van der Waals surface area contributed by atoms with E-state index in [4.69, 9.17) is 10.2 Å². The molecule has 4 aliphatic carbocycles. The highest BCUT2D eigenvalue weighted by molar-refractivity contribution is 6.12. The van der Waals surface area contributed by atoms with Gasteiger partial charge in [0, 0.05) is 5.92 Å². The number of rotatable bonds is 5. The van der Waals surface area contributed by atoms with E-state index in [0.29, 0.717) is 17.3 Å². The van der Waals surface area contributed by atoms with Gasteiger partial charge in [-0.15, -0.1) is 0 Å². The van der Waals surface area contributed by atoms with Gasteiger partial charge in [0.1, 0.15) is 0 Å². The summed E-state index contributed by atoms with van der Waals surface area (Å²) in [6.45, 7) is 9.75. The summed E-state index contributed by atoms with van der Waals surface area (Å²) in [5, 5.41) is 10.2. The lowest BCUT2D eigenvalue weighted by Gasteiger charge is -2.41. The minimum atomic E-state index is 0.457. The molecular weight excluding hydrogens is 424 g/mol. The van der Waals surface area contributed by atoms with Gasteiger partial charge in [-0.1, -0.05) is 79.1 Å². The molecule has 4 fully saturated rings. The van der Waals surface area contributed by atoms with Gasteiger partial charge < -0.3 is 0 Å². The van der Waals surface area contributed by atoms with Crippen molar-refractivity contribution in [1.29, 1.82) is 0 Å². The molecule has 1 unspecified atom stereocenters. The summed E-state index contributed by atoms with van der Waals surface area (Å²) in [4.78, 5) is 0. The third-order valence-electron chi connectivity index (χ3n) is 11.7. The molecule has 198 valence electrons. The van der Waals surface area contributed by atoms with Crippen LogP contribution in [0.25, 0.3) is 0 Å². The molecule has 1 aliphatic heterocycles. The minimum Gasteiger partial charge on any atom is -0.159 e. The van der Waals surface area contributed by atoms with E-state index in [0.717, 1.165) is 35.5 Å². The summed E-state index contributed by atoms with van der Waals surface area (Å²) >= 11 is 0. The van der Waals surface area contributed by atoms with Crippen molar-refractivity contribution in [2.75, 3.05) is 0 Å². The van der Waals surface area contributed by atoms with Crippen molar-refractivity contribution in [3.05, 3.63) is 0 Å². The molecule has 0 N–H and O–H groups in total. The molecule has 0 radical (unpaired) electrons. The molecule has 2 heteroatoms. The van der Waals surface area contributed by atoms with E-state index < -0.39 is 0 Å². The van der Waals surface area contributed by atoms with Crippen LogP contribution in [0.1, 0.15) is 143 Å². The summed E-state index contributed by atoms with van der Waals surface area (Å²) in [6, 6.07) is 0. The van der Waals surface area contributed by atoms with Crippen LogP contribution in [0.15, 0.2) is 10.2 Å². The molecule has 0 saturated heterocycles. The Bertz CT molecular complexity index is 728. The predicted molar refractivity (Wildman–Crippen MR) is 151 cm³/mol. The van der Waals surface area contributed by atoms with E-state index in [9.17, 15) is 0 Å². The van der Waals surface area contributed by atoms with E-state index >= 15 is 0 Å². The first-order chi connectivity index (χ1) is 16.9. The maximum atomic E-state index is 5.12. The molecular formula is C33H56N2. The van der Waals surface area contributed by atoms with Gasteiger partial charge in [-0.25, -0.2) is 0 Å². The Morgan fingerprint density at radius 2 is 1.06 bits per heavy atom. The largest absolute Gasteiger partial charge is 0.159 e. The quantitative estimate of drug-likeness (QED) is 0.374. The van der Waals surface area contributed by atoms with Crippen molar-refractivity contribution < 1.29 is 0 Å². The topological polar surface area (TPSA) is 24.7 Å². The molecule has 2 nitrogen and oxygen atoms in total. The van der Waals surface area contributed by atoms with E-state index in [2.05, 4.69) is 27.7 Å². The number of nitrogens with zero attached hydrogens (tertiary/aromatic N) is 2. The predicted octanol–water partition coefficient (Wildman–Crippen LogP) is 9.87. The van der Waals surface area contributed by atoms with Gasteiger partial charge in [0.2, 0.25) is 0 Å². The van der Waals surface area contributed by atoms with E-state index in [1.54, 1.807) is 11.4 Å². The number of hydrogen-bond acceptors (Lipinski definition) is 2. The second kappa shape index (κ2) is 11.4. The summed E-state index contributed by atoms with van der Waals surface area (Å²) in [5.41, 5.74) is 3.58. The lowest BCUT2D eigenvalue weighted by Crippen LogP contribution is -2.40. The maximum Gasteiger partial charge on any atom is 0.0527 e. The highest BCUT2D eigenvalue weighted by Crippen LogP contribution is 2.47.